The molecule has 0 aliphatic heterocycles. The summed E-state index contributed by atoms with van der Waals surface area (Å²) in [6, 6.07) is 67.4. The lowest BCUT2D eigenvalue weighted by atomic mass is 9.58. The maximum Gasteiger partial charge on any atom is 0.113 e. The molecule has 0 saturated heterocycles. The second kappa shape index (κ2) is 18.1. The molecule has 0 N–H and O–H groups in total. The number of benzene rings is 10. The number of hydrogen-bond acceptors (Lipinski definition) is 0. The van der Waals surface area contributed by atoms with Crippen LogP contribution in [0.4, 0.5) is 0 Å². The van der Waals surface area contributed by atoms with Crippen LogP contribution in [0.15, 0.2) is 214 Å². The lowest BCUT2D eigenvalue weighted by Gasteiger charge is -2.43. The smallest absolute Gasteiger partial charge is 0.113 e. The van der Waals surface area contributed by atoms with Crippen molar-refractivity contribution in [2.45, 2.75) is 19.6 Å². The third-order valence-corrected chi connectivity index (χ3v) is 18.3. The zero-order valence-electron chi connectivity index (χ0n) is 39.6. The third-order valence-electron chi connectivity index (χ3n) is 14.4. The van der Waals surface area contributed by atoms with Gasteiger partial charge in [0.25, 0.3) is 0 Å². The fourth-order valence-electron chi connectivity index (χ4n) is 10.9. The second-order valence-corrected chi connectivity index (χ2v) is 21.3. The van der Waals surface area contributed by atoms with E-state index in [1.54, 1.807) is 0 Å². The van der Waals surface area contributed by atoms with Gasteiger partial charge in [0.1, 0.15) is 78.5 Å². The Morgan fingerprint density at radius 1 is 0.260 bits per heavy atom. The van der Waals surface area contributed by atoms with E-state index in [4.69, 9.17) is 78.5 Å². The van der Waals surface area contributed by atoms with Gasteiger partial charge in [-0.05, 0) is 96.1 Å². The summed E-state index contributed by atoms with van der Waals surface area (Å²) < 4.78 is 4.51. The Morgan fingerprint density at radius 3 is 0.973 bits per heavy atom. The van der Waals surface area contributed by atoms with E-state index in [9.17, 15) is 0 Å². The van der Waals surface area contributed by atoms with Crippen molar-refractivity contribution < 1.29 is 0 Å². The molecule has 0 fully saturated rings. The first kappa shape index (κ1) is 46.8. The average Bonchev–Trinajstić information content (AvgIpc) is 3.94. The minimum Gasteiger partial charge on any atom is -0.309 e. The highest BCUT2D eigenvalue weighted by Gasteiger charge is 2.36. The van der Waals surface area contributed by atoms with Crippen LogP contribution in [0.3, 0.4) is 0 Å². The van der Waals surface area contributed by atoms with Gasteiger partial charge in [0.2, 0.25) is 0 Å². The molecular formula is C60H32B10N2S. The van der Waals surface area contributed by atoms with Crippen LogP contribution in [0.2, 0.25) is 0 Å². The van der Waals surface area contributed by atoms with Crippen molar-refractivity contribution in [3.05, 3.63) is 194 Å². The van der Waals surface area contributed by atoms with Crippen LogP contribution in [-0.2, 0) is 0 Å². The first-order valence-electron chi connectivity index (χ1n) is 23.7. The van der Waals surface area contributed by atoms with Gasteiger partial charge in [0.15, 0.2) is 0 Å². The van der Waals surface area contributed by atoms with Gasteiger partial charge in [-0.3, -0.25) is 0 Å². The predicted molar refractivity (Wildman–Crippen MR) is 320 cm³/mol. The molecule has 2 nitrogen and oxygen atoms in total. The standard InChI is InChI=1S/C60H32B10N2S/c61-50-48(51(62)55(66)58(69)54(50)65)42-31-37(73(34-16-4-1-5-17-34,35-18-6-2-7-19-35)36-20-8-3-9-21-36)32-43(49-52(63)56(67)59(70)57(68)53(49)64)60(42)72-46-27-15-12-24-40(46)41-30-33(28-29-47(41)72)71-44-25-13-10-22-38(44)39-23-11-14-26-45(39)71/h1-32H. The van der Waals surface area contributed by atoms with Gasteiger partial charge < -0.3 is 9.13 Å². The summed E-state index contributed by atoms with van der Waals surface area (Å²) in [6.07, 6.45) is 0. The minimum atomic E-state index is -2.47. The Hall–Kier alpha value is -7.20. The zero-order valence-corrected chi connectivity index (χ0v) is 40.4. The summed E-state index contributed by atoms with van der Waals surface area (Å²) >= 11 is 0. The molecule has 0 atom stereocenters. The first-order valence-corrected chi connectivity index (χ1v) is 25.3. The molecule has 0 bridgehead atoms. The monoisotopic (exact) mass is 922 g/mol. The molecule has 0 spiro atoms. The van der Waals surface area contributed by atoms with E-state index in [2.05, 4.69) is 173 Å². The van der Waals surface area contributed by atoms with Gasteiger partial charge in [-0.1, -0.05) is 131 Å². The number of rotatable bonds is 8. The number of nitrogens with zero attached hydrogens (tertiary/aromatic N) is 2. The van der Waals surface area contributed by atoms with Crippen molar-refractivity contribution in [1.82, 2.24) is 9.13 Å². The number of aromatic nitrogens is 2. The van der Waals surface area contributed by atoms with Gasteiger partial charge >= 0.3 is 0 Å². The Bertz CT molecular complexity index is 3910. The molecular weight excluding hydrogens is 889 g/mol. The summed E-state index contributed by atoms with van der Waals surface area (Å²) in [5.41, 5.74) is 8.35. The molecule has 0 unspecified atom stereocenters. The molecule has 2 heterocycles. The van der Waals surface area contributed by atoms with Gasteiger partial charge in [-0.2, -0.15) is 0 Å². The molecule has 0 aliphatic rings. The van der Waals surface area contributed by atoms with E-state index in [1.807, 2.05) is 30.3 Å². The highest BCUT2D eigenvalue weighted by Crippen LogP contribution is 2.74. The summed E-state index contributed by atoms with van der Waals surface area (Å²) in [6.45, 7) is 0. The van der Waals surface area contributed by atoms with Gasteiger partial charge in [-0.25, -0.2) is 0 Å². The second-order valence-electron chi connectivity index (χ2n) is 18.2. The molecule has 0 aliphatic carbocycles. The Balaban J connectivity index is 1.32. The minimum absolute atomic E-state index is 0.0801. The summed E-state index contributed by atoms with van der Waals surface area (Å²) in [5.74, 6) is 0. The maximum atomic E-state index is 7.26. The molecule has 73 heavy (non-hydrogen) atoms. The molecule has 20 radical (unpaired) electrons. The van der Waals surface area contributed by atoms with Crippen molar-refractivity contribution in [1.29, 1.82) is 0 Å². The SMILES string of the molecule is [B]c1c([B])c([B])c(-c2cc(S(c3ccccc3)(c3ccccc3)c3ccccc3)cc(-c3c([B])c([B])c([B])c([B])c3[B])c2-n2c3ccccc3c3cc(-n4c5ccccc5c5ccccc54)ccc32)c([B])c1[B]. The number of hydrogen-bond donors (Lipinski definition) is 0. The fraction of sp³-hybridized carbons (Fsp3) is 0. The first-order chi connectivity index (χ1) is 35.4. The van der Waals surface area contributed by atoms with Crippen molar-refractivity contribution in [3.63, 3.8) is 0 Å². The lowest BCUT2D eigenvalue weighted by Crippen LogP contribution is -2.55. The largest absolute Gasteiger partial charge is 0.309 e. The molecule has 2 aromatic heterocycles. The van der Waals surface area contributed by atoms with Crippen LogP contribution in [-0.4, -0.2) is 87.6 Å². The molecule has 10 aromatic carbocycles. The quantitative estimate of drug-likeness (QED) is 0.199. The fourth-order valence-corrected chi connectivity index (χ4v) is 14.8. The number of para-hydroxylation sites is 3. The molecule has 318 valence electrons. The molecule has 0 amide bonds. The summed E-state index contributed by atoms with van der Waals surface area (Å²) in [5, 5.41) is 4.24. The van der Waals surface area contributed by atoms with Crippen LogP contribution in [0.5, 0.6) is 0 Å². The van der Waals surface area contributed by atoms with E-state index in [0.717, 1.165) is 68.9 Å². The van der Waals surface area contributed by atoms with E-state index in [1.165, 1.54) is 0 Å². The maximum absolute atomic E-state index is 7.26. The van der Waals surface area contributed by atoms with Gasteiger partial charge in [-0.15, -0.1) is 42.8 Å². The Labute approximate surface area is 440 Å². The molecule has 0 saturated carbocycles. The van der Waals surface area contributed by atoms with Crippen molar-refractivity contribution >= 4 is 187 Å². The molecule has 13 heteroatoms. The topological polar surface area (TPSA) is 9.86 Å². The van der Waals surface area contributed by atoms with Crippen LogP contribution < -0.4 is 54.6 Å². The van der Waals surface area contributed by atoms with Crippen molar-refractivity contribution in [3.8, 4) is 33.6 Å². The van der Waals surface area contributed by atoms with E-state index in [0.29, 0.717) is 27.9 Å². The van der Waals surface area contributed by atoms with E-state index >= 15 is 0 Å². The Kier molecular flexibility index (Phi) is 11.6. The predicted octanol–water partition coefficient (Wildman–Crippen LogP) is 4.49. The summed E-state index contributed by atoms with van der Waals surface area (Å²) in [4.78, 5) is 3.99. The normalized spacial score (nSPS) is 12.1. The van der Waals surface area contributed by atoms with Crippen LogP contribution in [0, 0.1) is 0 Å². The zero-order chi connectivity index (χ0) is 50.4. The van der Waals surface area contributed by atoms with Crippen molar-refractivity contribution in [2.24, 2.45) is 0 Å². The van der Waals surface area contributed by atoms with Gasteiger partial charge in [0.05, 0.1) is 27.8 Å². The Morgan fingerprint density at radius 2 is 0.575 bits per heavy atom. The van der Waals surface area contributed by atoms with E-state index in [-0.39, 0.29) is 54.6 Å². The number of fused-ring (bicyclic) bond motifs is 6. The van der Waals surface area contributed by atoms with Crippen molar-refractivity contribution in [2.75, 3.05) is 0 Å². The highest BCUT2D eigenvalue weighted by atomic mass is 32.3. The van der Waals surface area contributed by atoms with Crippen LogP contribution >= 0.6 is 10.0 Å². The molecule has 12 rings (SSSR count). The van der Waals surface area contributed by atoms with Crippen LogP contribution in [0.25, 0.3) is 77.2 Å². The lowest BCUT2D eigenvalue weighted by molar-refractivity contribution is 1.16. The summed E-state index contributed by atoms with van der Waals surface area (Å²) in [7, 11) is 67.1. The molecule has 12 aromatic rings. The van der Waals surface area contributed by atoms with E-state index < -0.39 is 10.0 Å². The average molecular weight is 921 g/mol. The highest BCUT2D eigenvalue weighted by molar-refractivity contribution is 8.34. The van der Waals surface area contributed by atoms with Crippen LogP contribution in [0.1, 0.15) is 0 Å². The third kappa shape index (κ3) is 7.02. The van der Waals surface area contributed by atoms with Gasteiger partial charge in [0, 0.05) is 57.9 Å².